The lowest BCUT2D eigenvalue weighted by Crippen LogP contribution is -2.35. The van der Waals surface area contributed by atoms with Crippen molar-refractivity contribution < 1.29 is 9.90 Å². The van der Waals surface area contributed by atoms with Crippen LogP contribution < -0.4 is 10.6 Å². The molecule has 0 spiro atoms. The average Bonchev–Trinajstić information content (AvgIpc) is 2.17. The summed E-state index contributed by atoms with van der Waals surface area (Å²) in [5.41, 5.74) is 0. The Morgan fingerprint density at radius 2 is 2.29 bits per heavy atom. The van der Waals surface area contributed by atoms with Gasteiger partial charge in [0, 0.05) is 7.05 Å². The van der Waals surface area contributed by atoms with Crippen LogP contribution in [0.25, 0.3) is 0 Å². The Bertz CT molecular complexity index is 185. The molecule has 2 atom stereocenters. The standard InChI is InChI=1S/C10H20N2O2/c1-11-10(14)7-12-6-8-3-2-4-9(13)5-8/h8-9,12-13H,2-7H2,1H3,(H,11,14). The van der Waals surface area contributed by atoms with Crippen LogP contribution in [-0.2, 0) is 4.79 Å². The van der Waals surface area contributed by atoms with E-state index in [4.69, 9.17) is 0 Å². The lowest BCUT2D eigenvalue weighted by atomic mass is 9.87. The SMILES string of the molecule is CNC(=O)CNCC1CCCC(O)C1. The lowest BCUT2D eigenvalue weighted by molar-refractivity contribution is -0.119. The molecule has 0 aromatic carbocycles. The van der Waals surface area contributed by atoms with Gasteiger partial charge < -0.3 is 15.7 Å². The fourth-order valence-corrected chi connectivity index (χ4v) is 1.93. The molecule has 3 N–H and O–H groups in total. The molecule has 0 aromatic heterocycles. The maximum Gasteiger partial charge on any atom is 0.233 e. The Balaban J connectivity index is 2.08. The first-order chi connectivity index (χ1) is 6.72. The average molecular weight is 200 g/mol. The van der Waals surface area contributed by atoms with Gasteiger partial charge in [-0.3, -0.25) is 4.79 Å². The molecule has 0 radical (unpaired) electrons. The van der Waals surface area contributed by atoms with Crippen LogP contribution in [0.2, 0.25) is 0 Å². The fourth-order valence-electron chi connectivity index (χ4n) is 1.93. The van der Waals surface area contributed by atoms with Gasteiger partial charge in [0.05, 0.1) is 12.6 Å². The highest BCUT2D eigenvalue weighted by Crippen LogP contribution is 2.23. The van der Waals surface area contributed by atoms with Crippen molar-refractivity contribution in [2.24, 2.45) is 5.92 Å². The van der Waals surface area contributed by atoms with Crippen LogP contribution >= 0.6 is 0 Å². The number of amides is 1. The number of hydrogen-bond acceptors (Lipinski definition) is 3. The van der Waals surface area contributed by atoms with Gasteiger partial charge in [-0.25, -0.2) is 0 Å². The molecular weight excluding hydrogens is 180 g/mol. The van der Waals surface area contributed by atoms with E-state index < -0.39 is 0 Å². The van der Waals surface area contributed by atoms with E-state index in [1.807, 2.05) is 0 Å². The fraction of sp³-hybridized carbons (Fsp3) is 0.900. The molecular formula is C10H20N2O2. The van der Waals surface area contributed by atoms with Crippen LogP contribution in [0.3, 0.4) is 0 Å². The van der Waals surface area contributed by atoms with Crippen LogP contribution in [0, 0.1) is 5.92 Å². The smallest absolute Gasteiger partial charge is 0.233 e. The zero-order chi connectivity index (χ0) is 10.4. The van der Waals surface area contributed by atoms with E-state index in [2.05, 4.69) is 10.6 Å². The molecule has 0 heterocycles. The van der Waals surface area contributed by atoms with E-state index in [1.165, 1.54) is 0 Å². The lowest BCUT2D eigenvalue weighted by Gasteiger charge is -2.25. The number of rotatable bonds is 4. The number of hydrogen-bond donors (Lipinski definition) is 3. The Morgan fingerprint density at radius 3 is 2.93 bits per heavy atom. The molecule has 0 aliphatic heterocycles. The van der Waals surface area contributed by atoms with E-state index >= 15 is 0 Å². The zero-order valence-electron chi connectivity index (χ0n) is 8.75. The van der Waals surface area contributed by atoms with Crippen LogP contribution in [0.15, 0.2) is 0 Å². The summed E-state index contributed by atoms with van der Waals surface area (Å²) in [4.78, 5) is 10.9. The minimum atomic E-state index is -0.129. The summed E-state index contributed by atoms with van der Waals surface area (Å²) in [5, 5.41) is 15.1. The minimum Gasteiger partial charge on any atom is -0.393 e. The number of aliphatic hydroxyl groups excluding tert-OH is 1. The second-order valence-corrected chi connectivity index (χ2v) is 3.99. The number of aliphatic hydroxyl groups is 1. The van der Waals surface area contributed by atoms with Crippen molar-refractivity contribution in [2.75, 3.05) is 20.1 Å². The maximum atomic E-state index is 10.9. The molecule has 1 fully saturated rings. The summed E-state index contributed by atoms with van der Waals surface area (Å²) in [5.74, 6) is 0.546. The van der Waals surface area contributed by atoms with E-state index in [0.717, 1.165) is 32.2 Å². The van der Waals surface area contributed by atoms with Crippen molar-refractivity contribution in [1.82, 2.24) is 10.6 Å². The van der Waals surface area contributed by atoms with Crippen molar-refractivity contribution in [3.05, 3.63) is 0 Å². The molecule has 1 saturated carbocycles. The van der Waals surface area contributed by atoms with Gasteiger partial charge in [-0.05, 0) is 31.7 Å². The van der Waals surface area contributed by atoms with Crippen LogP contribution in [-0.4, -0.2) is 37.3 Å². The molecule has 82 valence electrons. The van der Waals surface area contributed by atoms with Crippen molar-refractivity contribution >= 4 is 5.91 Å². The summed E-state index contributed by atoms with van der Waals surface area (Å²) >= 11 is 0. The molecule has 1 aliphatic carbocycles. The first-order valence-corrected chi connectivity index (χ1v) is 5.31. The minimum absolute atomic E-state index is 0.0151. The molecule has 14 heavy (non-hydrogen) atoms. The number of likely N-dealkylation sites (N-methyl/N-ethyl adjacent to an activating group) is 1. The van der Waals surface area contributed by atoms with Crippen LogP contribution in [0.1, 0.15) is 25.7 Å². The second kappa shape index (κ2) is 5.98. The monoisotopic (exact) mass is 200 g/mol. The van der Waals surface area contributed by atoms with Crippen molar-refractivity contribution in [1.29, 1.82) is 0 Å². The van der Waals surface area contributed by atoms with Gasteiger partial charge in [-0.2, -0.15) is 0 Å². The largest absolute Gasteiger partial charge is 0.393 e. The molecule has 1 rings (SSSR count). The number of carbonyl (C=O) groups is 1. The Labute approximate surface area is 85.1 Å². The molecule has 1 aliphatic rings. The van der Waals surface area contributed by atoms with Crippen LogP contribution in [0.5, 0.6) is 0 Å². The third-order valence-electron chi connectivity index (χ3n) is 2.75. The van der Waals surface area contributed by atoms with Crippen molar-refractivity contribution in [3.63, 3.8) is 0 Å². The van der Waals surface area contributed by atoms with Gasteiger partial charge in [-0.1, -0.05) is 6.42 Å². The summed E-state index contributed by atoms with van der Waals surface area (Å²) in [7, 11) is 1.63. The van der Waals surface area contributed by atoms with Crippen molar-refractivity contribution in [3.8, 4) is 0 Å². The van der Waals surface area contributed by atoms with Gasteiger partial charge in [0.25, 0.3) is 0 Å². The first-order valence-electron chi connectivity index (χ1n) is 5.31. The number of carbonyl (C=O) groups excluding carboxylic acids is 1. The molecule has 4 heteroatoms. The number of nitrogens with one attached hydrogen (secondary N) is 2. The molecule has 0 aromatic rings. The summed E-state index contributed by atoms with van der Waals surface area (Å²) in [6.45, 7) is 1.22. The molecule has 1 amide bonds. The summed E-state index contributed by atoms with van der Waals surface area (Å²) in [6, 6.07) is 0. The predicted molar refractivity (Wildman–Crippen MR) is 54.9 cm³/mol. The van der Waals surface area contributed by atoms with E-state index in [1.54, 1.807) is 7.05 Å². The van der Waals surface area contributed by atoms with Gasteiger partial charge >= 0.3 is 0 Å². The summed E-state index contributed by atoms with van der Waals surface area (Å²) in [6.07, 6.45) is 3.95. The quantitative estimate of drug-likeness (QED) is 0.592. The van der Waals surface area contributed by atoms with Crippen molar-refractivity contribution in [2.45, 2.75) is 31.8 Å². The molecule has 4 nitrogen and oxygen atoms in total. The Hall–Kier alpha value is -0.610. The maximum absolute atomic E-state index is 10.9. The third-order valence-corrected chi connectivity index (χ3v) is 2.75. The van der Waals surface area contributed by atoms with E-state index in [0.29, 0.717) is 12.5 Å². The highest BCUT2D eigenvalue weighted by atomic mass is 16.3. The normalized spacial score (nSPS) is 27.3. The highest BCUT2D eigenvalue weighted by molar-refractivity contribution is 5.77. The molecule has 0 bridgehead atoms. The van der Waals surface area contributed by atoms with Gasteiger partial charge in [0.1, 0.15) is 0 Å². The van der Waals surface area contributed by atoms with Gasteiger partial charge in [-0.15, -0.1) is 0 Å². The van der Waals surface area contributed by atoms with Gasteiger partial charge in [0.2, 0.25) is 5.91 Å². The third kappa shape index (κ3) is 4.07. The predicted octanol–water partition coefficient (Wildman–Crippen LogP) is -0.127. The van der Waals surface area contributed by atoms with E-state index in [-0.39, 0.29) is 12.0 Å². The Kier molecular flexibility index (Phi) is 4.90. The molecule has 2 unspecified atom stereocenters. The van der Waals surface area contributed by atoms with Gasteiger partial charge in [0.15, 0.2) is 0 Å². The topological polar surface area (TPSA) is 61.4 Å². The highest BCUT2D eigenvalue weighted by Gasteiger charge is 2.19. The zero-order valence-corrected chi connectivity index (χ0v) is 8.75. The Morgan fingerprint density at radius 1 is 1.50 bits per heavy atom. The first kappa shape index (κ1) is 11.5. The van der Waals surface area contributed by atoms with Crippen LogP contribution in [0.4, 0.5) is 0 Å². The second-order valence-electron chi connectivity index (χ2n) is 3.99. The molecule has 0 saturated heterocycles. The summed E-state index contributed by atoms with van der Waals surface area (Å²) < 4.78 is 0. The van der Waals surface area contributed by atoms with E-state index in [9.17, 15) is 9.90 Å².